The molecule has 0 radical (unpaired) electrons. The Morgan fingerprint density at radius 2 is 1.71 bits per heavy atom. The fraction of sp³-hybridized carbons (Fsp3) is 0.115. The summed E-state index contributed by atoms with van der Waals surface area (Å²) in [7, 11) is 1.94. The lowest BCUT2D eigenvalue weighted by Crippen LogP contribution is -2.02. The predicted octanol–water partition coefficient (Wildman–Crippen LogP) is 5.45. The molecule has 3 heterocycles. The maximum Gasteiger partial charge on any atom is 0.249 e. The van der Waals surface area contributed by atoms with Crippen LogP contribution in [0.1, 0.15) is 16.7 Å². The van der Waals surface area contributed by atoms with E-state index in [0.717, 1.165) is 44.7 Å². The van der Waals surface area contributed by atoms with Gasteiger partial charge < -0.3 is 14.6 Å². The van der Waals surface area contributed by atoms with Crippen LogP contribution >= 0.6 is 0 Å². The van der Waals surface area contributed by atoms with Gasteiger partial charge in [-0.25, -0.2) is 4.98 Å². The minimum absolute atomic E-state index is 0.410. The van der Waals surface area contributed by atoms with Crippen LogP contribution in [0.25, 0.3) is 22.2 Å². The molecule has 1 N–H and O–H groups in total. The second-order valence-corrected chi connectivity index (χ2v) is 8.00. The lowest BCUT2D eigenvalue weighted by molar-refractivity contribution is 0.459. The minimum Gasteiger partial charge on any atom is -0.436 e. The maximum absolute atomic E-state index is 9.02. The summed E-state index contributed by atoms with van der Waals surface area (Å²) in [5.74, 6) is 1.61. The first-order valence-electron chi connectivity index (χ1n) is 10.7. The van der Waals surface area contributed by atoms with Gasteiger partial charge in [-0.15, -0.1) is 0 Å². The molecule has 0 bridgehead atoms. The van der Waals surface area contributed by atoms with E-state index in [4.69, 9.17) is 10.00 Å². The quantitative estimate of drug-likeness (QED) is 0.382. The number of nitriles is 1. The van der Waals surface area contributed by atoms with E-state index in [9.17, 15) is 0 Å². The molecule has 166 valence electrons. The van der Waals surface area contributed by atoms with E-state index >= 15 is 0 Å². The van der Waals surface area contributed by atoms with Crippen molar-refractivity contribution >= 4 is 22.7 Å². The van der Waals surface area contributed by atoms with Crippen LogP contribution < -0.4 is 10.1 Å². The van der Waals surface area contributed by atoms with E-state index in [0.29, 0.717) is 17.4 Å². The number of anilines is 2. The Morgan fingerprint density at radius 1 is 0.941 bits per heavy atom. The van der Waals surface area contributed by atoms with Gasteiger partial charge in [0, 0.05) is 24.5 Å². The Kier molecular flexibility index (Phi) is 5.36. The molecule has 0 saturated carbocycles. The standard InChI is InChI=1S/C26H21N7O/c1-16-12-20(19-8-10-28-29-15-19)13-17(2)24(16)34-25-23-22(9-11-33(23)3)31-26(32-25)30-21-6-4-18(14-27)5-7-21/h4-13,15H,1-3H3,(H,30,31,32). The summed E-state index contributed by atoms with van der Waals surface area (Å²) in [6.45, 7) is 4.03. The number of aromatic nitrogens is 5. The summed E-state index contributed by atoms with van der Waals surface area (Å²) >= 11 is 0. The average Bonchev–Trinajstić information content (AvgIpc) is 3.23. The second kappa shape index (κ2) is 8.64. The fourth-order valence-electron chi connectivity index (χ4n) is 3.88. The highest BCUT2D eigenvalue weighted by atomic mass is 16.5. The van der Waals surface area contributed by atoms with Crippen LogP contribution in [-0.4, -0.2) is 24.7 Å². The lowest BCUT2D eigenvalue weighted by atomic mass is 10.0. The third-order valence-electron chi connectivity index (χ3n) is 5.53. The first-order valence-corrected chi connectivity index (χ1v) is 10.7. The van der Waals surface area contributed by atoms with E-state index in [2.05, 4.69) is 43.7 Å². The Balaban J connectivity index is 1.53. The molecule has 2 aromatic carbocycles. The number of hydrogen-bond donors (Lipinski definition) is 1. The Hall–Kier alpha value is -4.77. The Labute approximate surface area is 196 Å². The predicted molar refractivity (Wildman–Crippen MR) is 130 cm³/mol. The molecule has 0 amide bonds. The normalized spacial score (nSPS) is 10.8. The summed E-state index contributed by atoms with van der Waals surface area (Å²) in [4.78, 5) is 9.32. The molecule has 0 spiro atoms. The first-order chi connectivity index (χ1) is 16.5. The van der Waals surface area contributed by atoms with Crippen molar-refractivity contribution in [3.8, 4) is 28.8 Å². The molecule has 0 atom stereocenters. The number of fused-ring (bicyclic) bond motifs is 1. The van der Waals surface area contributed by atoms with Gasteiger partial charge >= 0.3 is 0 Å². The molecular formula is C26H21N7O. The van der Waals surface area contributed by atoms with Crippen molar-refractivity contribution in [3.63, 3.8) is 0 Å². The van der Waals surface area contributed by atoms with Crippen molar-refractivity contribution in [2.45, 2.75) is 13.8 Å². The van der Waals surface area contributed by atoms with Gasteiger partial charge in [0.05, 0.1) is 29.5 Å². The summed E-state index contributed by atoms with van der Waals surface area (Å²) in [5.41, 5.74) is 6.93. The molecule has 0 aliphatic heterocycles. The molecule has 5 aromatic rings. The van der Waals surface area contributed by atoms with Crippen LogP contribution in [0.15, 0.2) is 67.1 Å². The molecule has 0 aliphatic carbocycles. The van der Waals surface area contributed by atoms with Crippen LogP contribution in [0.2, 0.25) is 0 Å². The highest BCUT2D eigenvalue weighted by Gasteiger charge is 2.16. The van der Waals surface area contributed by atoms with Gasteiger partial charge in [0.1, 0.15) is 11.3 Å². The molecule has 34 heavy (non-hydrogen) atoms. The van der Waals surface area contributed by atoms with E-state index in [1.54, 1.807) is 24.5 Å². The molecule has 8 heteroatoms. The van der Waals surface area contributed by atoms with Crippen molar-refractivity contribution in [3.05, 3.63) is 83.8 Å². The largest absolute Gasteiger partial charge is 0.436 e. The molecule has 0 unspecified atom stereocenters. The molecule has 0 fully saturated rings. The number of aryl methyl sites for hydroxylation is 3. The molecule has 0 aliphatic rings. The Morgan fingerprint density at radius 3 is 2.38 bits per heavy atom. The summed E-state index contributed by atoms with van der Waals surface area (Å²) < 4.78 is 8.36. The summed E-state index contributed by atoms with van der Waals surface area (Å²) in [5, 5.41) is 20.1. The van der Waals surface area contributed by atoms with Gasteiger partial charge in [-0.2, -0.15) is 20.4 Å². The van der Waals surface area contributed by atoms with Crippen molar-refractivity contribution < 1.29 is 4.74 Å². The van der Waals surface area contributed by atoms with Crippen LogP contribution in [-0.2, 0) is 7.05 Å². The van der Waals surface area contributed by atoms with Crippen LogP contribution in [0.5, 0.6) is 11.6 Å². The number of ether oxygens (including phenoxy) is 1. The fourth-order valence-corrected chi connectivity index (χ4v) is 3.88. The molecule has 5 rings (SSSR count). The van der Waals surface area contributed by atoms with Gasteiger partial charge in [0.25, 0.3) is 0 Å². The third kappa shape index (κ3) is 4.02. The molecule has 0 saturated heterocycles. The van der Waals surface area contributed by atoms with Gasteiger partial charge in [0.2, 0.25) is 11.8 Å². The first kappa shape index (κ1) is 21.1. The van der Waals surface area contributed by atoms with E-state index in [1.807, 2.05) is 55.9 Å². The zero-order valence-corrected chi connectivity index (χ0v) is 18.9. The topological polar surface area (TPSA) is 102 Å². The van der Waals surface area contributed by atoms with E-state index < -0.39 is 0 Å². The molecular weight excluding hydrogens is 426 g/mol. The van der Waals surface area contributed by atoms with Crippen LogP contribution in [0, 0.1) is 25.2 Å². The average molecular weight is 448 g/mol. The van der Waals surface area contributed by atoms with Crippen LogP contribution in [0.4, 0.5) is 11.6 Å². The number of hydrogen-bond acceptors (Lipinski definition) is 7. The summed E-state index contributed by atoms with van der Waals surface area (Å²) in [6, 6.07) is 17.2. The molecule has 3 aromatic heterocycles. The maximum atomic E-state index is 9.02. The van der Waals surface area contributed by atoms with Crippen molar-refractivity contribution in [2.24, 2.45) is 7.05 Å². The van der Waals surface area contributed by atoms with E-state index in [-0.39, 0.29) is 0 Å². The summed E-state index contributed by atoms with van der Waals surface area (Å²) in [6.07, 6.45) is 5.35. The second-order valence-electron chi connectivity index (χ2n) is 8.00. The van der Waals surface area contributed by atoms with Gasteiger partial charge in [-0.1, -0.05) is 0 Å². The number of nitrogens with zero attached hydrogens (tertiary/aromatic N) is 6. The van der Waals surface area contributed by atoms with E-state index in [1.165, 1.54) is 0 Å². The van der Waals surface area contributed by atoms with Crippen molar-refractivity contribution in [2.75, 3.05) is 5.32 Å². The van der Waals surface area contributed by atoms with Crippen LogP contribution in [0.3, 0.4) is 0 Å². The zero-order chi connectivity index (χ0) is 23.7. The Bertz CT molecular complexity index is 1510. The van der Waals surface area contributed by atoms with Gasteiger partial charge in [-0.3, -0.25) is 0 Å². The lowest BCUT2D eigenvalue weighted by Gasteiger charge is -2.15. The monoisotopic (exact) mass is 447 g/mol. The SMILES string of the molecule is Cc1cc(-c2ccnnc2)cc(C)c1Oc1nc(Nc2ccc(C#N)cc2)nc2ccn(C)c12. The highest BCUT2D eigenvalue weighted by molar-refractivity contribution is 5.83. The molecule has 8 nitrogen and oxygen atoms in total. The number of benzene rings is 2. The smallest absolute Gasteiger partial charge is 0.249 e. The zero-order valence-electron chi connectivity index (χ0n) is 18.9. The van der Waals surface area contributed by atoms with Crippen molar-refractivity contribution in [1.82, 2.24) is 24.7 Å². The van der Waals surface area contributed by atoms with Gasteiger partial charge in [-0.05, 0) is 79.1 Å². The third-order valence-corrected chi connectivity index (χ3v) is 5.53. The van der Waals surface area contributed by atoms with Gasteiger partial charge in [0.15, 0.2) is 0 Å². The number of rotatable bonds is 5. The minimum atomic E-state index is 0.410. The number of nitrogens with one attached hydrogen (secondary N) is 1. The van der Waals surface area contributed by atoms with Crippen molar-refractivity contribution in [1.29, 1.82) is 5.26 Å². The highest BCUT2D eigenvalue weighted by Crippen LogP contribution is 2.35.